The quantitative estimate of drug-likeness (QED) is 0.541. The van der Waals surface area contributed by atoms with Crippen LogP contribution < -0.4 is 0 Å². The number of nitrogens with zero attached hydrogens (tertiary/aromatic N) is 1. The predicted octanol–water partition coefficient (Wildman–Crippen LogP) is 3.91. The molecule has 4 nitrogen and oxygen atoms in total. The van der Waals surface area contributed by atoms with Gasteiger partial charge in [0.25, 0.3) is 0 Å². The van der Waals surface area contributed by atoms with E-state index >= 15 is 0 Å². The zero-order valence-corrected chi connectivity index (χ0v) is 13.0. The maximum absolute atomic E-state index is 12.6. The molecule has 3 aromatic rings. The summed E-state index contributed by atoms with van der Waals surface area (Å²) in [7, 11) is 1.32. The van der Waals surface area contributed by atoms with E-state index in [1.54, 1.807) is 48.5 Å². The lowest BCUT2D eigenvalue weighted by Gasteiger charge is -2.07. The molecule has 0 saturated heterocycles. The Kier molecular flexibility index (Phi) is 4.08. The van der Waals surface area contributed by atoms with Gasteiger partial charge >= 0.3 is 5.97 Å². The number of esters is 1. The van der Waals surface area contributed by atoms with E-state index < -0.39 is 5.97 Å². The van der Waals surface area contributed by atoms with Crippen LogP contribution in [0.25, 0.3) is 10.9 Å². The third-order valence-corrected chi connectivity index (χ3v) is 3.77. The number of hydrogen-bond donors (Lipinski definition) is 0. The highest BCUT2D eigenvalue weighted by atomic mass is 35.5. The molecule has 3 rings (SSSR count). The first-order valence-electron chi connectivity index (χ1n) is 6.87. The summed E-state index contributed by atoms with van der Waals surface area (Å²) < 4.78 is 4.78. The van der Waals surface area contributed by atoms with E-state index in [4.69, 9.17) is 16.3 Å². The molecule has 23 heavy (non-hydrogen) atoms. The summed E-state index contributed by atoms with van der Waals surface area (Å²) in [6, 6.07) is 13.3. The van der Waals surface area contributed by atoms with Gasteiger partial charge in [-0.05, 0) is 48.5 Å². The molecule has 2 aromatic carbocycles. The summed E-state index contributed by atoms with van der Waals surface area (Å²) in [6.45, 7) is 0. The number of methoxy groups -OCH3 is 1. The Morgan fingerprint density at radius 3 is 2.39 bits per heavy atom. The van der Waals surface area contributed by atoms with Gasteiger partial charge in [0.1, 0.15) is 0 Å². The lowest BCUT2D eigenvalue weighted by molar-refractivity contribution is 0.0602. The molecular weight excluding hydrogens is 314 g/mol. The van der Waals surface area contributed by atoms with Gasteiger partial charge in [-0.25, -0.2) is 4.79 Å². The van der Waals surface area contributed by atoms with Crippen LogP contribution in [0.5, 0.6) is 0 Å². The number of aromatic nitrogens is 1. The van der Waals surface area contributed by atoms with E-state index in [-0.39, 0.29) is 5.78 Å². The van der Waals surface area contributed by atoms with Crippen LogP contribution in [0.4, 0.5) is 0 Å². The Bertz CT molecular complexity index is 904. The third-order valence-electron chi connectivity index (χ3n) is 3.52. The largest absolute Gasteiger partial charge is 0.465 e. The molecule has 0 atom stereocenters. The summed E-state index contributed by atoms with van der Waals surface area (Å²) >= 11 is 5.84. The molecule has 0 N–H and O–H groups in total. The van der Waals surface area contributed by atoms with Crippen LogP contribution >= 0.6 is 11.6 Å². The fraction of sp³-hybridized carbons (Fsp3) is 0.0556. The van der Waals surface area contributed by atoms with Crippen molar-refractivity contribution >= 4 is 34.3 Å². The van der Waals surface area contributed by atoms with Crippen molar-refractivity contribution in [2.75, 3.05) is 7.11 Å². The second-order valence-corrected chi connectivity index (χ2v) is 5.35. The first-order valence-corrected chi connectivity index (χ1v) is 7.25. The highest BCUT2D eigenvalue weighted by Crippen LogP contribution is 2.21. The van der Waals surface area contributed by atoms with Crippen molar-refractivity contribution in [2.24, 2.45) is 0 Å². The average molecular weight is 326 g/mol. The zero-order chi connectivity index (χ0) is 16.4. The molecule has 0 radical (unpaired) electrons. The minimum Gasteiger partial charge on any atom is -0.465 e. The SMILES string of the molecule is COC(=O)c1ccnc2ccc(C(=O)c3ccc(Cl)cc3)cc12. The molecule has 0 bridgehead atoms. The standard InChI is InChI=1S/C18H12ClNO3/c1-23-18(22)14-8-9-20-16-7-4-12(10-15(14)16)17(21)11-2-5-13(19)6-3-11/h2-10H,1H3. The smallest absolute Gasteiger partial charge is 0.338 e. The Morgan fingerprint density at radius 2 is 1.70 bits per heavy atom. The van der Waals surface area contributed by atoms with Crippen LogP contribution in [0, 0.1) is 0 Å². The monoisotopic (exact) mass is 325 g/mol. The van der Waals surface area contributed by atoms with Gasteiger partial charge in [0.2, 0.25) is 0 Å². The van der Waals surface area contributed by atoms with Gasteiger partial charge < -0.3 is 4.74 Å². The molecule has 0 aliphatic heterocycles. The van der Waals surface area contributed by atoms with E-state index in [9.17, 15) is 9.59 Å². The average Bonchev–Trinajstić information content (AvgIpc) is 2.60. The van der Waals surface area contributed by atoms with Gasteiger partial charge in [-0.2, -0.15) is 0 Å². The molecule has 0 aliphatic rings. The van der Waals surface area contributed by atoms with Crippen molar-refractivity contribution in [1.82, 2.24) is 4.98 Å². The number of carbonyl (C=O) groups excluding carboxylic acids is 2. The Morgan fingerprint density at radius 1 is 1.00 bits per heavy atom. The number of fused-ring (bicyclic) bond motifs is 1. The molecule has 5 heteroatoms. The van der Waals surface area contributed by atoms with Crippen LogP contribution in [0.1, 0.15) is 26.3 Å². The number of benzene rings is 2. The minimum absolute atomic E-state index is 0.150. The van der Waals surface area contributed by atoms with Crippen LogP contribution in [0.2, 0.25) is 5.02 Å². The summed E-state index contributed by atoms with van der Waals surface area (Å²) in [4.78, 5) is 28.6. The number of halogens is 1. The first kappa shape index (κ1) is 15.2. The second kappa shape index (κ2) is 6.18. The Labute approximate surface area is 137 Å². The van der Waals surface area contributed by atoms with Crippen LogP contribution in [0.15, 0.2) is 54.7 Å². The van der Waals surface area contributed by atoms with Crippen LogP contribution in [-0.2, 0) is 4.74 Å². The fourth-order valence-electron chi connectivity index (χ4n) is 2.34. The Hall–Kier alpha value is -2.72. The van der Waals surface area contributed by atoms with Crippen LogP contribution in [0.3, 0.4) is 0 Å². The van der Waals surface area contributed by atoms with Gasteiger partial charge in [0.05, 0.1) is 18.2 Å². The van der Waals surface area contributed by atoms with E-state index in [0.717, 1.165) is 0 Å². The van der Waals surface area contributed by atoms with Crippen molar-refractivity contribution in [1.29, 1.82) is 0 Å². The van der Waals surface area contributed by atoms with Gasteiger partial charge in [0.15, 0.2) is 5.78 Å². The molecule has 0 fully saturated rings. The molecule has 0 spiro atoms. The predicted molar refractivity (Wildman–Crippen MR) is 88.0 cm³/mol. The molecule has 1 heterocycles. The molecular formula is C18H12ClNO3. The van der Waals surface area contributed by atoms with Crippen molar-refractivity contribution < 1.29 is 14.3 Å². The third kappa shape index (κ3) is 2.94. The minimum atomic E-state index is -0.464. The van der Waals surface area contributed by atoms with E-state index in [1.807, 2.05) is 0 Å². The number of hydrogen-bond acceptors (Lipinski definition) is 4. The topological polar surface area (TPSA) is 56.3 Å². The summed E-state index contributed by atoms with van der Waals surface area (Å²) in [5, 5.41) is 1.15. The van der Waals surface area contributed by atoms with Crippen LogP contribution in [-0.4, -0.2) is 23.8 Å². The zero-order valence-electron chi connectivity index (χ0n) is 12.2. The molecule has 114 valence electrons. The van der Waals surface area contributed by atoms with Gasteiger partial charge in [0, 0.05) is 27.7 Å². The molecule has 0 amide bonds. The van der Waals surface area contributed by atoms with E-state index in [1.165, 1.54) is 13.3 Å². The highest BCUT2D eigenvalue weighted by molar-refractivity contribution is 6.30. The second-order valence-electron chi connectivity index (χ2n) is 4.92. The molecule has 0 unspecified atom stereocenters. The highest BCUT2D eigenvalue weighted by Gasteiger charge is 2.14. The van der Waals surface area contributed by atoms with E-state index in [2.05, 4.69) is 4.98 Å². The fourth-order valence-corrected chi connectivity index (χ4v) is 2.47. The number of carbonyl (C=O) groups is 2. The van der Waals surface area contributed by atoms with Crippen molar-refractivity contribution in [3.05, 3.63) is 76.4 Å². The lowest BCUT2D eigenvalue weighted by atomic mass is 10.00. The van der Waals surface area contributed by atoms with E-state index in [0.29, 0.717) is 32.6 Å². The van der Waals surface area contributed by atoms with Crippen molar-refractivity contribution in [2.45, 2.75) is 0 Å². The molecule has 0 saturated carbocycles. The maximum Gasteiger partial charge on any atom is 0.338 e. The first-order chi connectivity index (χ1) is 11.1. The Balaban J connectivity index is 2.10. The number of ether oxygens (including phenoxy) is 1. The molecule has 0 aliphatic carbocycles. The number of rotatable bonds is 3. The summed E-state index contributed by atoms with van der Waals surface area (Å²) in [6.07, 6.45) is 1.54. The van der Waals surface area contributed by atoms with Crippen molar-refractivity contribution in [3.8, 4) is 0 Å². The summed E-state index contributed by atoms with van der Waals surface area (Å²) in [5.41, 5.74) is 2.00. The maximum atomic E-state index is 12.6. The summed E-state index contributed by atoms with van der Waals surface area (Å²) in [5.74, 6) is -0.614. The van der Waals surface area contributed by atoms with Crippen molar-refractivity contribution in [3.63, 3.8) is 0 Å². The normalized spacial score (nSPS) is 10.5. The number of pyridine rings is 1. The lowest BCUT2D eigenvalue weighted by Crippen LogP contribution is -2.05. The number of ketones is 1. The molecule has 1 aromatic heterocycles. The van der Waals surface area contributed by atoms with Gasteiger partial charge in [-0.1, -0.05) is 11.6 Å². The van der Waals surface area contributed by atoms with Gasteiger partial charge in [-0.15, -0.1) is 0 Å². The van der Waals surface area contributed by atoms with Gasteiger partial charge in [-0.3, -0.25) is 9.78 Å².